The van der Waals surface area contributed by atoms with E-state index in [0.717, 1.165) is 10.3 Å². The third-order valence-corrected chi connectivity index (χ3v) is 2.10. The zero-order chi connectivity index (χ0) is 9.26. The molecule has 1 aliphatic rings. The van der Waals surface area contributed by atoms with Gasteiger partial charge in [0.15, 0.2) is 5.82 Å². The largest absolute Gasteiger partial charge is 0.333 e. The van der Waals surface area contributed by atoms with E-state index in [0.29, 0.717) is 18.5 Å². The molecular formula is C8H10BrN3O. The van der Waals surface area contributed by atoms with Gasteiger partial charge in [0.25, 0.3) is 0 Å². The van der Waals surface area contributed by atoms with Gasteiger partial charge < -0.3 is 9.84 Å². The molecule has 0 unspecified atom stereocenters. The average Bonchev–Trinajstić information content (AvgIpc) is 2.83. The second-order valence-electron chi connectivity index (χ2n) is 3.10. The van der Waals surface area contributed by atoms with Crippen LogP contribution in [0, 0.1) is 0 Å². The number of hydrogen-bond acceptors (Lipinski definition) is 4. The van der Waals surface area contributed by atoms with Gasteiger partial charge in [-0.1, -0.05) is 27.7 Å². The van der Waals surface area contributed by atoms with Gasteiger partial charge in [-0.05, 0) is 12.8 Å². The van der Waals surface area contributed by atoms with Crippen molar-refractivity contribution >= 4 is 21.9 Å². The van der Waals surface area contributed by atoms with Crippen LogP contribution in [0.15, 0.2) is 15.6 Å². The van der Waals surface area contributed by atoms with E-state index >= 15 is 0 Å². The predicted octanol–water partition coefficient (Wildman–Crippen LogP) is 2.27. The Morgan fingerprint density at radius 3 is 3.08 bits per heavy atom. The van der Waals surface area contributed by atoms with Gasteiger partial charge in [0, 0.05) is 10.4 Å². The predicted molar refractivity (Wildman–Crippen MR) is 52.8 cm³/mol. The van der Waals surface area contributed by atoms with E-state index in [9.17, 15) is 0 Å². The summed E-state index contributed by atoms with van der Waals surface area (Å²) >= 11 is 3.23. The van der Waals surface area contributed by atoms with Gasteiger partial charge >= 0.3 is 6.01 Å². The molecule has 1 aliphatic carbocycles. The first kappa shape index (κ1) is 8.74. The summed E-state index contributed by atoms with van der Waals surface area (Å²) in [7, 11) is 0. The highest BCUT2D eigenvalue weighted by Crippen LogP contribution is 2.38. The minimum Gasteiger partial charge on any atom is -0.333 e. The van der Waals surface area contributed by atoms with Crippen molar-refractivity contribution in [2.45, 2.75) is 18.8 Å². The maximum absolute atomic E-state index is 4.98. The molecule has 0 atom stereocenters. The molecular weight excluding hydrogens is 234 g/mol. The summed E-state index contributed by atoms with van der Waals surface area (Å²) in [5.41, 5.74) is 0. The number of halogens is 1. The maximum atomic E-state index is 4.98. The molecule has 0 radical (unpaired) electrons. The second kappa shape index (κ2) is 3.49. The van der Waals surface area contributed by atoms with Crippen LogP contribution in [0.3, 0.4) is 0 Å². The number of nitrogens with one attached hydrogen (secondary N) is 1. The first-order valence-electron chi connectivity index (χ1n) is 4.16. The SMILES string of the molecule is C=C(Br)CNc1nc(C2CC2)no1. The van der Waals surface area contributed by atoms with Gasteiger partial charge in [-0.2, -0.15) is 4.98 Å². The standard InChI is InChI=1S/C8H10BrN3O/c1-5(9)4-10-8-11-7(12-13-8)6-2-3-6/h6H,1-4H2,(H,10,11,12). The Labute approximate surface area is 84.5 Å². The van der Waals surface area contributed by atoms with Crippen LogP contribution in [0.2, 0.25) is 0 Å². The molecule has 70 valence electrons. The average molecular weight is 244 g/mol. The Hall–Kier alpha value is -0.840. The molecule has 5 heteroatoms. The fourth-order valence-electron chi connectivity index (χ4n) is 0.986. The highest BCUT2D eigenvalue weighted by Gasteiger charge is 2.28. The molecule has 13 heavy (non-hydrogen) atoms. The molecule has 1 aromatic rings. The van der Waals surface area contributed by atoms with Crippen LogP contribution < -0.4 is 5.32 Å². The fraction of sp³-hybridized carbons (Fsp3) is 0.500. The minimum absolute atomic E-state index is 0.475. The second-order valence-corrected chi connectivity index (χ2v) is 4.22. The quantitative estimate of drug-likeness (QED) is 0.882. The summed E-state index contributed by atoms with van der Waals surface area (Å²) in [6.07, 6.45) is 2.37. The van der Waals surface area contributed by atoms with Crippen LogP contribution >= 0.6 is 15.9 Å². The molecule has 1 saturated carbocycles. The summed E-state index contributed by atoms with van der Waals surface area (Å²) in [6, 6.07) is 0.475. The van der Waals surface area contributed by atoms with Crippen LogP contribution in [-0.2, 0) is 0 Å². The third-order valence-electron chi connectivity index (χ3n) is 1.82. The molecule has 0 aromatic carbocycles. The zero-order valence-corrected chi connectivity index (χ0v) is 8.67. The molecule has 0 spiro atoms. The van der Waals surface area contributed by atoms with E-state index in [4.69, 9.17) is 4.52 Å². The lowest BCUT2D eigenvalue weighted by Gasteiger charge is -1.95. The minimum atomic E-state index is 0.475. The van der Waals surface area contributed by atoms with E-state index in [1.807, 2.05) is 0 Å². The highest BCUT2D eigenvalue weighted by atomic mass is 79.9. The van der Waals surface area contributed by atoms with E-state index in [1.165, 1.54) is 12.8 Å². The molecule has 0 amide bonds. The van der Waals surface area contributed by atoms with Gasteiger partial charge in [-0.15, -0.1) is 0 Å². The molecule has 2 rings (SSSR count). The summed E-state index contributed by atoms with van der Waals surface area (Å²) in [4.78, 5) is 4.19. The number of hydrogen-bond donors (Lipinski definition) is 1. The van der Waals surface area contributed by atoms with E-state index in [2.05, 4.69) is 38.0 Å². The molecule has 0 saturated heterocycles. The summed E-state index contributed by atoms with van der Waals surface area (Å²) in [6.45, 7) is 4.29. The van der Waals surface area contributed by atoms with Crippen LogP contribution in [0.5, 0.6) is 0 Å². The number of rotatable bonds is 4. The smallest absolute Gasteiger partial charge is 0.321 e. The van der Waals surface area contributed by atoms with Crippen molar-refractivity contribution in [3.63, 3.8) is 0 Å². The molecule has 1 N–H and O–H groups in total. The summed E-state index contributed by atoms with van der Waals surface area (Å²) in [5, 5.41) is 6.82. The Balaban J connectivity index is 1.92. The maximum Gasteiger partial charge on any atom is 0.321 e. The van der Waals surface area contributed by atoms with Crippen molar-refractivity contribution in [3.05, 3.63) is 16.9 Å². The fourth-order valence-corrected chi connectivity index (χ4v) is 1.13. The van der Waals surface area contributed by atoms with Crippen molar-refractivity contribution in [1.82, 2.24) is 10.1 Å². The van der Waals surface area contributed by atoms with Crippen LogP contribution in [0.1, 0.15) is 24.6 Å². The molecule has 4 nitrogen and oxygen atoms in total. The van der Waals surface area contributed by atoms with Gasteiger partial charge in [0.1, 0.15) is 0 Å². The zero-order valence-electron chi connectivity index (χ0n) is 7.09. The molecule has 1 aromatic heterocycles. The summed E-state index contributed by atoms with van der Waals surface area (Å²) in [5.74, 6) is 1.36. The number of aromatic nitrogens is 2. The van der Waals surface area contributed by atoms with Crippen LogP contribution in [0.4, 0.5) is 6.01 Å². The Morgan fingerprint density at radius 2 is 2.46 bits per heavy atom. The number of nitrogens with zero attached hydrogens (tertiary/aromatic N) is 2. The van der Waals surface area contributed by atoms with Crippen molar-refractivity contribution < 1.29 is 4.52 Å². The van der Waals surface area contributed by atoms with Gasteiger partial charge in [-0.25, -0.2) is 0 Å². The van der Waals surface area contributed by atoms with Crippen molar-refractivity contribution in [1.29, 1.82) is 0 Å². The van der Waals surface area contributed by atoms with E-state index < -0.39 is 0 Å². The molecule has 0 aliphatic heterocycles. The summed E-state index contributed by atoms with van der Waals surface area (Å²) < 4.78 is 5.84. The Bertz CT molecular complexity index is 319. The Kier molecular flexibility index (Phi) is 2.35. The lowest BCUT2D eigenvalue weighted by molar-refractivity contribution is 0.423. The molecule has 0 bridgehead atoms. The van der Waals surface area contributed by atoms with Crippen LogP contribution in [-0.4, -0.2) is 16.7 Å². The van der Waals surface area contributed by atoms with Crippen LogP contribution in [0.25, 0.3) is 0 Å². The van der Waals surface area contributed by atoms with Crippen molar-refractivity contribution in [2.75, 3.05) is 11.9 Å². The van der Waals surface area contributed by atoms with Gasteiger partial charge in [0.05, 0.1) is 6.54 Å². The third kappa shape index (κ3) is 2.30. The molecule has 1 fully saturated rings. The topological polar surface area (TPSA) is 51.0 Å². The Morgan fingerprint density at radius 1 is 1.69 bits per heavy atom. The lowest BCUT2D eigenvalue weighted by atomic mass is 10.4. The number of anilines is 1. The monoisotopic (exact) mass is 243 g/mol. The highest BCUT2D eigenvalue weighted by molar-refractivity contribution is 9.11. The molecule has 1 heterocycles. The first-order chi connectivity index (χ1) is 6.25. The normalized spacial score (nSPS) is 15.8. The van der Waals surface area contributed by atoms with Gasteiger partial charge in [0.2, 0.25) is 0 Å². The van der Waals surface area contributed by atoms with E-state index in [-0.39, 0.29) is 0 Å². The lowest BCUT2D eigenvalue weighted by Crippen LogP contribution is -2.00. The van der Waals surface area contributed by atoms with E-state index in [1.54, 1.807) is 0 Å². The van der Waals surface area contributed by atoms with Crippen molar-refractivity contribution in [3.8, 4) is 0 Å². The first-order valence-corrected chi connectivity index (χ1v) is 4.96. The van der Waals surface area contributed by atoms with Crippen molar-refractivity contribution in [2.24, 2.45) is 0 Å². The van der Waals surface area contributed by atoms with Gasteiger partial charge in [-0.3, -0.25) is 0 Å².